The first kappa shape index (κ1) is 22.0. The molecule has 0 aliphatic carbocycles. The molecule has 1 fully saturated rings. The summed E-state index contributed by atoms with van der Waals surface area (Å²) >= 11 is 0. The number of benzene rings is 2. The number of rotatable bonds is 6. The standard InChI is InChI=1S/C24H26N4O3S/c1-19(23-12-5-6-13-25-23)26-24(29)20-8-7-11-22(18-20)32(30,31)28-16-14-27(15-17-28)21-9-3-2-4-10-21/h2-13,18-19H,14-17H2,1H3,(H,26,29). The minimum atomic E-state index is -3.69. The Balaban J connectivity index is 1.44. The fourth-order valence-electron chi connectivity index (χ4n) is 3.76. The van der Waals surface area contributed by atoms with Crippen LogP contribution in [-0.4, -0.2) is 49.8 Å². The molecule has 32 heavy (non-hydrogen) atoms. The van der Waals surface area contributed by atoms with Crippen molar-refractivity contribution in [3.8, 4) is 0 Å². The van der Waals surface area contributed by atoms with Gasteiger partial charge in [0.05, 0.1) is 16.6 Å². The summed E-state index contributed by atoms with van der Waals surface area (Å²) in [6.45, 7) is 3.86. The van der Waals surface area contributed by atoms with Crippen LogP contribution in [0.2, 0.25) is 0 Å². The van der Waals surface area contributed by atoms with Crippen LogP contribution in [0.4, 0.5) is 5.69 Å². The highest BCUT2D eigenvalue weighted by molar-refractivity contribution is 7.89. The highest BCUT2D eigenvalue weighted by atomic mass is 32.2. The zero-order valence-electron chi connectivity index (χ0n) is 17.9. The van der Waals surface area contributed by atoms with E-state index in [1.54, 1.807) is 18.3 Å². The smallest absolute Gasteiger partial charge is 0.251 e. The van der Waals surface area contributed by atoms with Gasteiger partial charge in [0, 0.05) is 43.6 Å². The number of carbonyl (C=O) groups is 1. The molecule has 8 heteroatoms. The Labute approximate surface area is 188 Å². The molecule has 1 aromatic heterocycles. The van der Waals surface area contributed by atoms with E-state index in [2.05, 4.69) is 15.2 Å². The third-order valence-electron chi connectivity index (χ3n) is 5.57. The van der Waals surface area contributed by atoms with Crippen molar-refractivity contribution in [2.45, 2.75) is 17.9 Å². The number of aromatic nitrogens is 1. The fraction of sp³-hybridized carbons (Fsp3) is 0.250. The first-order chi connectivity index (χ1) is 15.4. The molecule has 2 aromatic carbocycles. The Morgan fingerprint density at radius 1 is 0.938 bits per heavy atom. The molecule has 3 aromatic rings. The van der Waals surface area contributed by atoms with Crippen LogP contribution in [0.3, 0.4) is 0 Å². The molecule has 4 rings (SSSR count). The van der Waals surface area contributed by atoms with Crippen LogP contribution in [-0.2, 0) is 10.0 Å². The molecule has 1 aliphatic heterocycles. The van der Waals surface area contributed by atoms with E-state index in [1.165, 1.54) is 16.4 Å². The highest BCUT2D eigenvalue weighted by Gasteiger charge is 2.29. The molecule has 1 aliphatic rings. The van der Waals surface area contributed by atoms with Gasteiger partial charge in [-0.3, -0.25) is 9.78 Å². The van der Waals surface area contributed by atoms with E-state index >= 15 is 0 Å². The molecule has 1 saturated heterocycles. The number of nitrogens with zero attached hydrogens (tertiary/aromatic N) is 3. The lowest BCUT2D eigenvalue weighted by Gasteiger charge is -2.35. The van der Waals surface area contributed by atoms with Gasteiger partial charge in [-0.05, 0) is 49.4 Å². The summed E-state index contributed by atoms with van der Waals surface area (Å²) in [7, 11) is -3.69. The summed E-state index contributed by atoms with van der Waals surface area (Å²) in [5.74, 6) is -0.339. The summed E-state index contributed by atoms with van der Waals surface area (Å²) < 4.78 is 27.9. The summed E-state index contributed by atoms with van der Waals surface area (Å²) in [5.41, 5.74) is 2.13. The molecule has 166 valence electrons. The van der Waals surface area contributed by atoms with E-state index in [0.29, 0.717) is 31.7 Å². The van der Waals surface area contributed by atoms with Gasteiger partial charge >= 0.3 is 0 Å². The van der Waals surface area contributed by atoms with Gasteiger partial charge in [0.1, 0.15) is 0 Å². The third kappa shape index (κ3) is 4.81. The monoisotopic (exact) mass is 450 g/mol. The maximum Gasteiger partial charge on any atom is 0.251 e. The Morgan fingerprint density at radius 2 is 1.66 bits per heavy atom. The molecule has 2 heterocycles. The first-order valence-electron chi connectivity index (χ1n) is 10.6. The van der Waals surface area contributed by atoms with Crippen molar-refractivity contribution in [2.75, 3.05) is 31.1 Å². The minimum Gasteiger partial charge on any atom is -0.369 e. The van der Waals surface area contributed by atoms with Gasteiger partial charge in [-0.1, -0.05) is 30.3 Å². The zero-order valence-corrected chi connectivity index (χ0v) is 18.7. The van der Waals surface area contributed by atoms with E-state index in [0.717, 1.165) is 11.4 Å². The largest absolute Gasteiger partial charge is 0.369 e. The van der Waals surface area contributed by atoms with E-state index in [9.17, 15) is 13.2 Å². The first-order valence-corrected chi connectivity index (χ1v) is 12.0. The number of anilines is 1. The molecule has 0 bridgehead atoms. The maximum atomic E-state index is 13.2. The van der Waals surface area contributed by atoms with E-state index < -0.39 is 10.0 Å². The number of para-hydroxylation sites is 1. The Kier molecular flexibility index (Phi) is 6.53. The topological polar surface area (TPSA) is 82.6 Å². The second kappa shape index (κ2) is 9.50. The molecular weight excluding hydrogens is 424 g/mol. The number of hydrogen-bond donors (Lipinski definition) is 1. The van der Waals surface area contributed by atoms with Gasteiger partial charge in [-0.2, -0.15) is 4.31 Å². The van der Waals surface area contributed by atoms with Crippen LogP contribution in [0, 0.1) is 0 Å². The number of pyridine rings is 1. The average molecular weight is 451 g/mol. The van der Waals surface area contributed by atoms with Gasteiger partial charge in [0.15, 0.2) is 0 Å². The summed E-state index contributed by atoms with van der Waals surface area (Å²) in [4.78, 5) is 19.3. The van der Waals surface area contributed by atoms with Gasteiger partial charge < -0.3 is 10.2 Å². The van der Waals surface area contributed by atoms with Gasteiger partial charge in [-0.25, -0.2) is 8.42 Å². The van der Waals surface area contributed by atoms with Crippen molar-refractivity contribution in [1.29, 1.82) is 0 Å². The van der Waals surface area contributed by atoms with Crippen molar-refractivity contribution >= 4 is 21.6 Å². The lowest BCUT2D eigenvalue weighted by atomic mass is 10.1. The molecule has 1 unspecified atom stereocenters. The summed E-state index contributed by atoms with van der Waals surface area (Å²) in [6, 6.07) is 21.4. The molecular formula is C24H26N4O3S. The number of carbonyl (C=O) groups excluding carboxylic acids is 1. The minimum absolute atomic E-state index is 0.129. The molecule has 1 atom stereocenters. The van der Waals surface area contributed by atoms with Crippen LogP contribution >= 0.6 is 0 Å². The second-order valence-electron chi connectivity index (χ2n) is 7.70. The van der Waals surface area contributed by atoms with E-state index in [4.69, 9.17) is 0 Å². The average Bonchev–Trinajstić information content (AvgIpc) is 2.85. The second-order valence-corrected chi connectivity index (χ2v) is 9.64. The molecule has 1 amide bonds. The SMILES string of the molecule is CC(NC(=O)c1cccc(S(=O)(=O)N2CCN(c3ccccc3)CC2)c1)c1ccccn1. The number of piperazine rings is 1. The lowest BCUT2D eigenvalue weighted by molar-refractivity contribution is 0.0939. The zero-order chi connectivity index (χ0) is 22.6. The van der Waals surface area contributed by atoms with Gasteiger partial charge in [0.2, 0.25) is 10.0 Å². The Bertz CT molecular complexity index is 1160. The van der Waals surface area contributed by atoms with Crippen LogP contribution in [0.5, 0.6) is 0 Å². The van der Waals surface area contributed by atoms with Crippen LogP contribution < -0.4 is 10.2 Å². The predicted octanol–water partition coefficient (Wildman–Crippen LogP) is 3.08. The van der Waals surface area contributed by atoms with Gasteiger partial charge in [-0.15, -0.1) is 0 Å². The predicted molar refractivity (Wildman–Crippen MR) is 124 cm³/mol. The van der Waals surface area contributed by atoms with E-state index in [-0.39, 0.29) is 16.8 Å². The third-order valence-corrected chi connectivity index (χ3v) is 7.47. The number of amides is 1. The number of sulfonamides is 1. The fourth-order valence-corrected chi connectivity index (χ4v) is 5.23. The number of hydrogen-bond acceptors (Lipinski definition) is 5. The highest BCUT2D eigenvalue weighted by Crippen LogP contribution is 2.22. The molecule has 0 saturated carbocycles. The van der Waals surface area contributed by atoms with Crippen LogP contribution in [0.1, 0.15) is 29.0 Å². The van der Waals surface area contributed by atoms with Crippen molar-refractivity contribution in [1.82, 2.24) is 14.6 Å². The molecule has 0 spiro atoms. The normalized spacial score (nSPS) is 15.8. The van der Waals surface area contributed by atoms with Crippen LogP contribution in [0.25, 0.3) is 0 Å². The molecule has 1 N–H and O–H groups in total. The van der Waals surface area contributed by atoms with Gasteiger partial charge in [0.25, 0.3) is 5.91 Å². The van der Waals surface area contributed by atoms with Crippen molar-refractivity contribution in [3.63, 3.8) is 0 Å². The summed E-state index contributed by atoms with van der Waals surface area (Å²) in [6.07, 6.45) is 1.67. The van der Waals surface area contributed by atoms with Crippen molar-refractivity contribution in [2.24, 2.45) is 0 Å². The molecule has 0 radical (unpaired) electrons. The quantitative estimate of drug-likeness (QED) is 0.624. The molecule has 7 nitrogen and oxygen atoms in total. The lowest BCUT2D eigenvalue weighted by Crippen LogP contribution is -2.48. The van der Waals surface area contributed by atoms with E-state index in [1.807, 2.05) is 55.5 Å². The number of nitrogens with one attached hydrogen (secondary N) is 1. The Hall–Kier alpha value is -3.23. The van der Waals surface area contributed by atoms with Crippen molar-refractivity contribution in [3.05, 3.63) is 90.3 Å². The van der Waals surface area contributed by atoms with Crippen LogP contribution in [0.15, 0.2) is 83.9 Å². The maximum absolute atomic E-state index is 13.2. The summed E-state index contributed by atoms with van der Waals surface area (Å²) in [5, 5.41) is 2.88. The van der Waals surface area contributed by atoms with Crippen molar-refractivity contribution < 1.29 is 13.2 Å². The Morgan fingerprint density at radius 3 is 2.34 bits per heavy atom.